The smallest absolute Gasteiger partial charge is 0.272 e. The summed E-state index contributed by atoms with van der Waals surface area (Å²) in [5, 5.41) is 0. The maximum absolute atomic E-state index is 13.4. The lowest BCUT2D eigenvalue weighted by molar-refractivity contribution is -0.165. The van der Waals surface area contributed by atoms with Crippen LogP contribution in [-0.4, -0.2) is 71.0 Å². The number of ether oxygens (including phenoxy) is 1. The number of carbonyl (C=O) groups is 2. The van der Waals surface area contributed by atoms with Crippen LogP contribution in [0.15, 0.2) is 73.2 Å². The molecular weight excluding hydrogens is 404 g/mol. The molecule has 7 heteroatoms. The van der Waals surface area contributed by atoms with Crippen molar-refractivity contribution in [2.24, 2.45) is 0 Å². The van der Waals surface area contributed by atoms with Gasteiger partial charge in [-0.15, -0.1) is 0 Å². The summed E-state index contributed by atoms with van der Waals surface area (Å²) >= 11 is 0. The zero-order valence-electron chi connectivity index (χ0n) is 18.3. The van der Waals surface area contributed by atoms with E-state index >= 15 is 0 Å². The van der Waals surface area contributed by atoms with Gasteiger partial charge >= 0.3 is 0 Å². The molecule has 4 rings (SSSR count). The molecule has 2 amide bonds. The summed E-state index contributed by atoms with van der Waals surface area (Å²) in [4.78, 5) is 38.0. The van der Waals surface area contributed by atoms with Gasteiger partial charge < -0.3 is 14.5 Å². The van der Waals surface area contributed by atoms with Gasteiger partial charge in [0, 0.05) is 45.7 Å². The minimum absolute atomic E-state index is 0.157. The molecule has 1 fully saturated rings. The van der Waals surface area contributed by atoms with Gasteiger partial charge in [0.05, 0.1) is 13.2 Å². The third-order valence-electron chi connectivity index (χ3n) is 5.64. The summed E-state index contributed by atoms with van der Waals surface area (Å²) < 4.78 is 6.18. The Balaban J connectivity index is 1.70. The van der Waals surface area contributed by atoms with E-state index in [-0.39, 0.29) is 25.0 Å². The first-order chi connectivity index (χ1) is 15.5. The number of amides is 2. The fourth-order valence-electron chi connectivity index (χ4n) is 4.12. The number of benzene rings is 1. The van der Waals surface area contributed by atoms with E-state index in [2.05, 4.69) is 9.97 Å². The molecule has 0 unspecified atom stereocenters. The number of likely N-dealkylation sites (N-methyl/N-ethyl adjacent to an activating group) is 1. The highest BCUT2D eigenvalue weighted by Gasteiger charge is 2.46. The first-order valence-corrected chi connectivity index (χ1v) is 10.5. The van der Waals surface area contributed by atoms with Crippen molar-refractivity contribution >= 4 is 11.8 Å². The van der Waals surface area contributed by atoms with Crippen LogP contribution in [0.3, 0.4) is 0 Å². The highest BCUT2D eigenvalue weighted by molar-refractivity contribution is 5.94. The van der Waals surface area contributed by atoms with Crippen LogP contribution in [0, 0.1) is 0 Å². The standard InChI is InChI=1S/C25H26N4O3/c1-28(2)24(31)25(17-20-7-3-4-8-21(20)19-10-13-26-14-11-19)18-29(15-16-32-25)23(30)22-9-5-6-12-27-22/h3-14H,15-18H2,1-2H3/t25-/m0/s1. The van der Waals surface area contributed by atoms with Crippen molar-refractivity contribution in [3.63, 3.8) is 0 Å². The van der Waals surface area contributed by atoms with Gasteiger partial charge in [-0.25, -0.2) is 0 Å². The van der Waals surface area contributed by atoms with Gasteiger partial charge in [0.2, 0.25) is 0 Å². The van der Waals surface area contributed by atoms with E-state index < -0.39 is 5.60 Å². The summed E-state index contributed by atoms with van der Waals surface area (Å²) in [6.45, 7) is 0.837. The van der Waals surface area contributed by atoms with Crippen molar-refractivity contribution in [3.8, 4) is 11.1 Å². The molecule has 3 aromatic rings. The molecule has 1 aliphatic heterocycles. The first kappa shape index (κ1) is 21.6. The normalized spacial score (nSPS) is 18.2. The maximum Gasteiger partial charge on any atom is 0.272 e. The van der Waals surface area contributed by atoms with Crippen LogP contribution >= 0.6 is 0 Å². The lowest BCUT2D eigenvalue weighted by Crippen LogP contribution is -2.61. The Kier molecular flexibility index (Phi) is 6.28. The monoisotopic (exact) mass is 430 g/mol. The molecule has 0 spiro atoms. The molecule has 0 aliphatic carbocycles. The molecule has 7 nitrogen and oxygen atoms in total. The number of nitrogens with zero attached hydrogens (tertiary/aromatic N) is 4. The molecule has 3 heterocycles. The summed E-state index contributed by atoms with van der Waals surface area (Å²) in [6.07, 6.45) is 5.43. The van der Waals surface area contributed by atoms with E-state index in [1.165, 1.54) is 4.90 Å². The molecule has 1 aromatic carbocycles. The Bertz CT molecular complexity index is 1090. The summed E-state index contributed by atoms with van der Waals surface area (Å²) in [5.74, 6) is -0.368. The number of morpholine rings is 1. The minimum Gasteiger partial charge on any atom is -0.361 e. The number of aromatic nitrogens is 2. The second kappa shape index (κ2) is 9.28. The third kappa shape index (κ3) is 4.38. The Morgan fingerprint density at radius 3 is 2.50 bits per heavy atom. The number of rotatable bonds is 5. The van der Waals surface area contributed by atoms with Gasteiger partial charge in [-0.1, -0.05) is 30.3 Å². The van der Waals surface area contributed by atoms with E-state index in [1.54, 1.807) is 55.8 Å². The molecule has 0 radical (unpaired) electrons. The van der Waals surface area contributed by atoms with E-state index in [9.17, 15) is 9.59 Å². The topological polar surface area (TPSA) is 75.6 Å². The van der Waals surface area contributed by atoms with Crippen molar-refractivity contribution in [3.05, 3.63) is 84.4 Å². The molecule has 32 heavy (non-hydrogen) atoms. The number of carbonyl (C=O) groups excluding carboxylic acids is 2. The second-order valence-corrected chi connectivity index (χ2v) is 8.05. The molecule has 2 aromatic heterocycles. The predicted octanol–water partition coefficient (Wildman–Crippen LogP) is 2.69. The Morgan fingerprint density at radius 1 is 1.03 bits per heavy atom. The zero-order valence-corrected chi connectivity index (χ0v) is 18.3. The van der Waals surface area contributed by atoms with Crippen molar-refractivity contribution in [2.75, 3.05) is 33.8 Å². The van der Waals surface area contributed by atoms with Crippen LogP contribution in [0.4, 0.5) is 0 Å². The first-order valence-electron chi connectivity index (χ1n) is 10.5. The largest absolute Gasteiger partial charge is 0.361 e. The van der Waals surface area contributed by atoms with E-state index in [0.29, 0.717) is 18.7 Å². The van der Waals surface area contributed by atoms with Crippen molar-refractivity contribution in [1.82, 2.24) is 19.8 Å². The molecule has 0 bridgehead atoms. The van der Waals surface area contributed by atoms with Crippen LogP contribution in [-0.2, 0) is 16.0 Å². The minimum atomic E-state index is -1.19. The van der Waals surface area contributed by atoms with E-state index in [1.807, 2.05) is 36.4 Å². The molecule has 0 N–H and O–H groups in total. The van der Waals surface area contributed by atoms with Gasteiger partial charge in [-0.3, -0.25) is 19.6 Å². The molecule has 1 aliphatic rings. The summed E-state index contributed by atoms with van der Waals surface area (Å²) in [6, 6.07) is 17.1. The summed E-state index contributed by atoms with van der Waals surface area (Å²) in [7, 11) is 3.42. The average Bonchev–Trinajstić information content (AvgIpc) is 2.84. The van der Waals surface area contributed by atoms with Gasteiger partial charge in [-0.05, 0) is 41.0 Å². The van der Waals surface area contributed by atoms with Gasteiger partial charge in [-0.2, -0.15) is 0 Å². The highest BCUT2D eigenvalue weighted by Crippen LogP contribution is 2.31. The van der Waals surface area contributed by atoms with Gasteiger partial charge in [0.1, 0.15) is 5.69 Å². The van der Waals surface area contributed by atoms with Crippen LogP contribution in [0.2, 0.25) is 0 Å². The number of hydrogen-bond donors (Lipinski definition) is 0. The lowest BCUT2D eigenvalue weighted by atomic mass is 9.87. The predicted molar refractivity (Wildman–Crippen MR) is 121 cm³/mol. The summed E-state index contributed by atoms with van der Waals surface area (Å²) in [5.41, 5.74) is 2.17. The molecule has 164 valence electrons. The fraction of sp³-hybridized carbons (Fsp3) is 0.280. The van der Waals surface area contributed by atoms with E-state index in [4.69, 9.17) is 4.74 Å². The van der Waals surface area contributed by atoms with Gasteiger partial charge in [0.15, 0.2) is 5.60 Å². The molecule has 0 saturated carbocycles. The maximum atomic E-state index is 13.4. The van der Waals surface area contributed by atoms with Crippen molar-refractivity contribution < 1.29 is 14.3 Å². The zero-order chi connectivity index (χ0) is 22.6. The Hall–Kier alpha value is -3.58. The van der Waals surface area contributed by atoms with Crippen LogP contribution in [0.1, 0.15) is 16.1 Å². The van der Waals surface area contributed by atoms with E-state index in [0.717, 1.165) is 16.7 Å². The average molecular weight is 431 g/mol. The van der Waals surface area contributed by atoms with Crippen molar-refractivity contribution in [1.29, 1.82) is 0 Å². The second-order valence-electron chi connectivity index (χ2n) is 8.05. The lowest BCUT2D eigenvalue weighted by Gasteiger charge is -2.43. The molecule has 1 atom stereocenters. The van der Waals surface area contributed by atoms with Gasteiger partial charge in [0.25, 0.3) is 11.8 Å². The van der Waals surface area contributed by atoms with Crippen LogP contribution < -0.4 is 0 Å². The number of pyridine rings is 2. The number of hydrogen-bond acceptors (Lipinski definition) is 5. The quantitative estimate of drug-likeness (QED) is 0.622. The van der Waals surface area contributed by atoms with Crippen LogP contribution in [0.5, 0.6) is 0 Å². The Morgan fingerprint density at radius 2 is 1.78 bits per heavy atom. The Labute approximate surface area is 187 Å². The molecule has 1 saturated heterocycles. The van der Waals surface area contributed by atoms with Crippen molar-refractivity contribution in [2.45, 2.75) is 12.0 Å². The highest BCUT2D eigenvalue weighted by atomic mass is 16.5. The molecular formula is C25H26N4O3. The third-order valence-corrected chi connectivity index (χ3v) is 5.64. The SMILES string of the molecule is CN(C)C(=O)[C@]1(Cc2ccccc2-c2ccncc2)CN(C(=O)c2ccccn2)CCO1. The fourth-order valence-corrected chi connectivity index (χ4v) is 4.12. The van der Waals surface area contributed by atoms with Crippen LogP contribution in [0.25, 0.3) is 11.1 Å².